The molecule has 7 nitrogen and oxygen atoms in total. The number of primary sulfonamides is 1. The molecule has 2 aromatic carbocycles. The van der Waals surface area contributed by atoms with Gasteiger partial charge in [-0.25, -0.2) is 27.0 Å². The Morgan fingerprint density at radius 3 is 2.13 bits per heavy atom. The molecule has 0 spiro atoms. The van der Waals surface area contributed by atoms with E-state index >= 15 is 0 Å². The maximum absolute atomic E-state index is 13.6. The monoisotopic (exact) mass is 460 g/mol. The number of sulfonamides is 1. The lowest BCUT2D eigenvalue weighted by Crippen LogP contribution is -2.24. The van der Waals surface area contributed by atoms with Crippen molar-refractivity contribution in [3.8, 4) is 5.69 Å². The number of halogens is 5. The van der Waals surface area contributed by atoms with Crippen LogP contribution in [-0.2, 0) is 21.0 Å². The summed E-state index contributed by atoms with van der Waals surface area (Å²) in [6, 6.07) is 5.34. The van der Waals surface area contributed by atoms with Gasteiger partial charge < -0.3 is 5.73 Å². The Labute approximate surface area is 172 Å². The van der Waals surface area contributed by atoms with Crippen LogP contribution in [0.1, 0.15) is 22.6 Å². The minimum atomic E-state index is -4.72. The summed E-state index contributed by atoms with van der Waals surface area (Å²) in [5.74, 6) is -4.53. The van der Waals surface area contributed by atoms with Crippen molar-refractivity contribution < 1.29 is 35.2 Å². The number of carbonyl (C=O) groups excluding carboxylic acids is 1. The van der Waals surface area contributed by atoms with E-state index in [1.807, 2.05) is 0 Å². The number of hydrogen-bond donors (Lipinski definition) is 2. The molecule has 0 aliphatic carbocycles. The molecule has 4 N–H and O–H groups in total. The van der Waals surface area contributed by atoms with Crippen molar-refractivity contribution in [2.24, 2.45) is 10.9 Å². The van der Waals surface area contributed by atoms with E-state index in [1.165, 1.54) is 0 Å². The predicted molar refractivity (Wildman–Crippen MR) is 97.3 cm³/mol. The van der Waals surface area contributed by atoms with Crippen LogP contribution in [0.2, 0.25) is 0 Å². The number of nitrogens with two attached hydrogens (primary N) is 2. The highest BCUT2D eigenvalue weighted by Crippen LogP contribution is 2.32. The summed E-state index contributed by atoms with van der Waals surface area (Å²) >= 11 is 0. The molecule has 0 radical (unpaired) electrons. The van der Waals surface area contributed by atoms with E-state index in [-0.39, 0.29) is 16.8 Å². The minimum Gasteiger partial charge on any atom is -0.369 e. The molecular weight excluding hydrogens is 447 g/mol. The Morgan fingerprint density at radius 1 is 1.03 bits per heavy atom. The van der Waals surface area contributed by atoms with Crippen LogP contribution in [0.4, 0.5) is 22.0 Å². The van der Waals surface area contributed by atoms with Crippen molar-refractivity contribution in [2.75, 3.05) is 0 Å². The van der Waals surface area contributed by atoms with E-state index < -0.39 is 50.1 Å². The first-order valence-electron chi connectivity index (χ1n) is 8.31. The highest BCUT2D eigenvalue weighted by Gasteiger charge is 2.33. The number of nitrogens with zero attached hydrogens (tertiary/aromatic N) is 2. The fraction of sp³-hybridized carbons (Fsp3) is 0.111. The molecule has 3 rings (SSSR count). The third-order valence-electron chi connectivity index (χ3n) is 4.28. The number of amides is 1. The fourth-order valence-electron chi connectivity index (χ4n) is 2.99. The lowest BCUT2D eigenvalue weighted by Gasteiger charge is -2.17. The van der Waals surface area contributed by atoms with Gasteiger partial charge in [0.2, 0.25) is 15.9 Å². The first kappa shape index (κ1) is 22.4. The average molecular weight is 460 g/mol. The molecule has 31 heavy (non-hydrogen) atoms. The molecule has 1 heterocycles. The predicted octanol–water partition coefficient (Wildman–Crippen LogP) is 2.43. The SMILES string of the molecule is NC(=O)C(c1cc(F)cc(F)c1)c1ccc(-n2cc(C(F)(F)F)cn2)c(S(N)(=O)=O)c1. The Balaban J connectivity index is 2.19. The number of hydrogen-bond acceptors (Lipinski definition) is 4. The van der Waals surface area contributed by atoms with E-state index in [1.54, 1.807) is 0 Å². The molecule has 0 fully saturated rings. The third kappa shape index (κ3) is 4.72. The first-order chi connectivity index (χ1) is 14.3. The maximum atomic E-state index is 13.6. The second kappa shape index (κ2) is 7.74. The van der Waals surface area contributed by atoms with E-state index in [9.17, 15) is 35.2 Å². The summed E-state index contributed by atoms with van der Waals surface area (Å²) in [5, 5.41) is 8.70. The van der Waals surface area contributed by atoms with Crippen molar-refractivity contribution in [1.82, 2.24) is 9.78 Å². The molecule has 0 aliphatic heterocycles. The van der Waals surface area contributed by atoms with Crippen LogP contribution in [0, 0.1) is 11.6 Å². The smallest absolute Gasteiger partial charge is 0.369 e. The van der Waals surface area contributed by atoms with Crippen molar-refractivity contribution in [2.45, 2.75) is 17.0 Å². The highest BCUT2D eigenvalue weighted by atomic mass is 32.2. The standard InChI is InChI=1S/C18H13F5N4O3S/c19-12-3-10(4-13(20)6-12)16(17(24)28)9-1-2-14(15(5-9)31(25,29)30)27-8-11(7-26-27)18(21,22)23/h1-8,16H,(H2,24,28)(H2,25,29,30). The number of primary amides is 1. The number of benzene rings is 2. The number of rotatable bonds is 5. The molecule has 1 unspecified atom stereocenters. The fourth-order valence-corrected chi connectivity index (χ4v) is 3.74. The van der Waals surface area contributed by atoms with Crippen molar-refractivity contribution in [3.05, 3.63) is 77.1 Å². The molecule has 13 heteroatoms. The zero-order valence-corrected chi connectivity index (χ0v) is 16.1. The van der Waals surface area contributed by atoms with E-state index in [2.05, 4.69) is 5.10 Å². The van der Waals surface area contributed by atoms with Crippen LogP contribution in [0.3, 0.4) is 0 Å². The van der Waals surface area contributed by atoms with Gasteiger partial charge in [-0.1, -0.05) is 6.07 Å². The Hall–Kier alpha value is -3.32. The molecular formula is C18H13F5N4O3S. The van der Waals surface area contributed by atoms with Crippen molar-refractivity contribution >= 4 is 15.9 Å². The number of alkyl halides is 3. The van der Waals surface area contributed by atoms with Crippen LogP contribution < -0.4 is 10.9 Å². The molecule has 1 aromatic heterocycles. The van der Waals surface area contributed by atoms with Gasteiger partial charge in [-0.3, -0.25) is 4.79 Å². The van der Waals surface area contributed by atoms with Gasteiger partial charge in [0.05, 0.1) is 23.4 Å². The van der Waals surface area contributed by atoms with Crippen LogP contribution in [0.15, 0.2) is 53.7 Å². The van der Waals surface area contributed by atoms with Gasteiger partial charge in [0.25, 0.3) is 0 Å². The Kier molecular flexibility index (Phi) is 5.58. The van der Waals surface area contributed by atoms with Crippen LogP contribution in [0.25, 0.3) is 5.69 Å². The molecule has 1 atom stereocenters. The van der Waals surface area contributed by atoms with Crippen LogP contribution in [-0.4, -0.2) is 24.1 Å². The minimum absolute atomic E-state index is 0.103. The summed E-state index contributed by atoms with van der Waals surface area (Å²) in [4.78, 5) is 11.3. The second-order valence-electron chi connectivity index (χ2n) is 6.48. The normalized spacial score (nSPS) is 13.2. The van der Waals surface area contributed by atoms with Crippen molar-refractivity contribution in [3.63, 3.8) is 0 Å². The molecule has 3 aromatic rings. The summed E-state index contributed by atoms with van der Waals surface area (Å²) < 4.78 is 90.6. The Bertz CT molecular complexity index is 1250. The van der Waals surface area contributed by atoms with Gasteiger partial charge in [0.1, 0.15) is 16.5 Å². The molecule has 164 valence electrons. The molecule has 0 aliphatic rings. The van der Waals surface area contributed by atoms with Crippen LogP contribution in [0.5, 0.6) is 0 Å². The van der Waals surface area contributed by atoms with Gasteiger partial charge in [-0.15, -0.1) is 0 Å². The van der Waals surface area contributed by atoms with Crippen molar-refractivity contribution in [1.29, 1.82) is 0 Å². The summed E-state index contributed by atoms with van der Waals surface area (Å²) in [6.07, 6.45) is -3.68. The molecule has 0 saturated carbocycles. The topological polar surface area (TPSA) is 121 Å². The summed E-state index contributed by atoms with van der Waals surface area (Å²) in [6.45, 7) is 0. The number of carbonyl (C=O) groups is 1. The average Bonchev–Trinajstić information content (AvgIpc) is 3.10. The molecule has 0 saturated heterocycles. The zero-order valence-electron chi connectivity index (χ0n) is 15.3. The van der Waals surface area contributed by atoms with Crippen LogP contribution >= 0.6 is 0 Å². The summed E-state index contributed by atoms with van der Waals surface area (Å²) in [5.41, 5.74) is 3.58. The number of aromatic nitrogens is 2. The van der Waals surface area contributed by atoms with E-state index in [4.69, 9.17) is 10.9 Å². The van der Waals surface area contributed by atoms with E-state index in [0.29, 0.717) is 23.1 Å². The zero-order chi connectivity index (χ0) is 23.1. The Morgan fingerprint density at radius 2 is 1.65 bits per heavy atom. The van der Waals surface area contributed by atoms with Gasteiger partial charge in [0.15, 0.2) is 0 Å². The van der Waals surface area contributed by atoms with Gasteiger partial charge in [0, 0.05) is 12.3 Å². The maximum Gasteiger partial charge on any atom is 0.419 e. The lowest BCUT2D eigenvalue weighted by molar-refractivity contribution is -0.137. The highest BCUT2D eigenvalue weighted by molar-refractivity contribution is 7.89. The van der Waals surface area contributed by atoms with Gasteiger partial charge >= 0.3 is 6.18 Å². The van der Waals surface area contributed by atoms with Gasteiger partial charge in [-0.05, 0) is 35.4 Å². The van der Waals surface area contributed by atoms with E-state index in [0.717, 1.165) is 30.3 Å². The molecule has 0 bridgehead atoms. The van der Waals surface area contributed by atoms with Gasteiger partial charge in [-0.2, -0.15) is 18.3 Å². The second-order valence-corrected chi connectivity index (χ2v) is 8.01. The largest absolute Gasteiger partial charge is 0.419 e. The quantitative estimate of drug-likeness (QED) is 0.568. The summed E-state index contributed by atoms with van der Waals surface area (Å²) in [7, 11) is -4.53. The lowest BCUT2D eigenvalue weighted by atomic mass is 9.90. The molecule has 1 amide bonds. The third-order valence-corrected chi connectivity index (χ3v) is 5.22. The first-order valence-corrected chi connectivity index (χ1v) is 9.86.